The second kappa shape index (κ2) is 6.75. The van der Waals surface area contributed by atoms with E-state index >= 15 is 0 Å². The summed E-state index contributed by atoms with van der Waals surface area (Å²) in [5, 5.41) is 11.3. The van der Waals surface area contributed by atoms with Gasteiger partial charge in [0.1, 0.15) is 11.5 Å². The van der Waals surface area contributed by atoms with Crippen LogP contribution in [0.15, 0.2) is 18.2 Å². The van der Waals surface area contributed by atoms with Crippen molar-refractivity contribution in [2.75, 3.05) is 20.8 Å². The number of hydrogen-bond acceptors (Lipinski definition) is 4. The molecule has 0 heterocycles. The molecule has 0 aliphatic heterocycles. The van der Waals surface area contributed by atoms with E-state index in [0.29, 0.717) is 18.0 Å². The van der Waals surface area contributed by atoms with Crippen molar-refractivity contribution in [3.63, 3.8) is 0 Å². The van der Waals surface area contributed by atoms with E-state index in [-0.39, 0.29) is 18.9 Å². The van der Waals surface area contributed by atoms with Crippen LogP contribution in [0.5, 0.6) is 11.5 Å². The molecule has 2 N–H and O–H groups in total. The molecule has 94 valence electrons. The molecule has 0 aliphatic carbocycles. The molecule has 5 heteroatoms. The quantitative estimate of drug-likeness (QED) is 0.767. The maximum atomic E-state index is 11.2. The van der Waals surface area contributed by atoms with Crippen molar-refractivity contribution < 1.29 is 19.4 Å². The number of hydrogen-bond donors (Lipinski definition) is 2. The largest absolute Gasteiger partial charge is 0.497 e. The van der Waals surface area contributed by atoms with Crippen LogP contribution in [0.25, 0.3) is 0 Å². The third-order valence-corrected chi connectivity index (χ3v) is 2.30. The zero-order valence-electron chi connectivity index (χ0n) is 10.0. The molecule has 0 fully saturated rings. The summed E-state index contributed by atoms with van der Waals surface area (Å²) in [6.07, 6.45) is 0.103. The summed E-state index contributed by atoms with van der Waals surface area (Å²) in [7, 11) is 3.15. The minimum Gasteiger partial charge on any atom is -0.497 e. The summed E-state index contributed by atoms with van der Waals surface area (Å²) in [5.74, 6) is 1.20. The first-order chi connectivity index (χ1) is 8.21. The monoisotopic (exact) mass is 239 g/mol. The van der Waals surface area contributed by atoms with Gasteiger partial charge in [0.15, 0.2) is 0 Å². The lowest BCUT2D eigenvalue weighted by Crippen LogP contribution is -2.23. The molecule has 1 aromatic carbocycles. The molecule has 17 heavy (non-hydrogen) atoms. The molecule has 0 atom stereocenters. The molecule has 1 amide bonds. The van der Waals surface area contributed by atoms with Crippen molar-refractivity contribution in [3.8, 4) is 11.5 Å². The van der Waals surface area contributed by atoms with Gasteiger partial charge in [-0.05, 0) is 18.2 Å². The van der Waals surface area contributed by atoms with Gasteiger partial charge in [0.2, 0.25) is 5.91 Å². The summed E-state index contributed by atoms with van der Waals surface area (Å²) in [6, 6.07) is 5.38. The fourth-order valence-corrected chi connectivity index (χ4v) is 1.40. The topological polar surface area (TPSA) is 67.8 Å². The first kappa shape index (κ1) is 13.3. The van der Waals surface area contributed by atoms with Crippen LogP contribution >= 0.6 is 0 Å². The highest BCUT2D eigenvalue weighted by Crippen LogP contribution is 2.23. The fourth-order valence-electron chi connectivity index (χ4n) is 1.40. The van der Waals surface area contributed by atoms with Gasteiger partial charge in [0.05, 0.1) is 20.8 Å². The molecular weight excluding hydrogens is 222 g/mol. The smallest absolute Gasteiger partial charge is 0.222 e. The van der Waals surface area contributed by atoms with E-state index in [1.54, 1.807) is 32.4 Å². The Hall–Kier alpha value is -1.75. The van der Waals surface area contributed by atoms with Gasteiger partial charge in [-0.2, -0.15) is 0 Å². The molecule has 5 nitrogen and oxygen atoms in total. The van der Waals surface area contributed by atoms with Crippen LogP contribution in [0.4, 0.5) is 0 Å². The van der Waals surface area contributed by atoms with E-state index in [2.05, 4.69) is 5.32 Å². The van der Waals surface area contributed by atoms with E-state index in [0.717, 1.165) is 5.56 Å². The average molecular weight is 239 g/mol. The Morgan fingerprint density at radius 1 is 1.35 bits per heavy atom. The summed E-state index contributed by atoms with van der Waals surface area (Å²) in [5.41, 5.74) is 0.832. The third-order valence-electron chi connectivity index (χ3n) is 2.30. The Labute approximate surface area is 100 Å². The Morgan fingerprint density at radius 3 is 2.71 bits per heavy atom. The van der Waals surface area contributed by atoms with E-state index in [4.69, 9.17) is 14.6 Å². The molecule has 0 radical (unpaired) electrons. The van der Waals surface area contributed by atoms with Crippen molar-refractivity contribution in [1.82, 2.24) is 5.32 Å². The number of rotatable bonds is 6. The SMILES string of the molecule is COc1ccc(OC)c(CNC(=O)CCO)c1. The number of aliphatic hydroxyl groups is 1. The fraction of sp³-hybridized carbons (Fsp3) is 0.417. The lowest BCUT2D eigenvalue weighted by Gasteiger charge is -2.11. The van der Waals surface area contributed by atoms with Crippen LogP contribution in [0.3, 0.4) is 0 Å². The van der Waals surface area contributed by atoms with Crippen molar-refractivity contribution >= 4 is 5.91 Å². The number of amides is 1. The third kappa shape index (κ3) is 3.96. The predicted octanol–water partition coefficient (Wildman–Crippen LogP) is 0.702. The van der Waals surface area contributed by atoms with Crippen LogP contribution in [0.2, 0.25) is 0 Å². The lowest BCUT2D eigenvalue weighted by atomic mass is 10.2. The summed E-state index contributed by atoms with van der Waals surface area (Å²) in [4.78, 5) is 11.2. The Kier molecular flexibility index (Phi) is 5.29. The maximum absolute atomic E-state index is 11.2. The highest BCUT2D eigenvalue weighted by Gasteiger charge is 2.06. The summed E-state index contributed by atoms with van der Waals surface area (Å²) < 4.78 is 10.3. The van der Waals surface area contributed by atoms with Gasteiger partial charge in [0.25, 0.3) is 0 Å². The minimum atomic E-state index is -0.197. The number of aliphatic hydroxyl groups excluding tert-OH is 1. The highest BCUT2D eigenvalue weighted by atomic mass is 16.5. The molecule has 0 unspecified atom stereocenters. The maximum Gasteiger partial charge on any atom is 0.222 e. The lowest BCUT2D eigenvalue weighted by molar-refractivity contribution is -0.121. The Morgan fingerprint density at radius 2 is 2.12 bits per heavy atom. The minimum absolute atomic E-state index is 0.103. The normalized spacial score (nSPS) is 9.82. The molecule has 1 rings (SSSR count). The molecule has 0 saturated carbocycles. The molecule has 0 spiro atoms. The number of benzene rings is 1. The van der Waals surface area contributed by atoms with Crippen LogP contribution in [0, 0.1) is 0 Å². The van der Waals surface area contributed by atoms with E-state index in [9.17, 15) is 4.79 Å². The van der Waals surface area contributed by atoms with Crippen molar-refractivity contribution in [1.29, 1.82) is 0 Å². The van der Waals surface area contributed by atoms with Crippen molar-refractivity contribution in [2.45, 2.75) is 13.0 Å². The molecule has 1 aromatic rings. The van der Waals surface area contributed by atoms with Gasteiger partial charge < -0.3 is 19.9 Å². The van der Waals surface area contributed by atoms with Crippen LogP contribution in [0.1, 0.15) is 12.0 Å². The molecular formula is C12H17NO4. The summed E-state index contributed by atoms with van der Waals surface area (Å²) >= 11 is 0. The predicted molar refractivity (Wildman–Crippen MR) is 63.1 cm³/mol. The van der Waals surface area contributed by atoms with Crippen LogP contribution < -0.4 is 14.8 Å². The zero-order chi connectivity index (χ0) is 12.7. The summed E-state index contributed by atoms with van der Waals surface area (Å²) in [6.45, 7) is 0.195. The first-order valence-electron chi connectivity index (χ1n) is 5.29. The number of ether oxygens (including phenoxy) is 2. The standard InChI is InChI=1S/C12H17NO4/c1-16-10-3-4-11(17-2)9(7-10)8-13-12(15)5-6-14/h3-4,7,14H,5-6,8H2,1-2H3,(H,13,15). The number of methoxy groups -OCH3 is 2. The van der Waals surface area contributed by atoms with Gasteiger partial charge in [-0.25, -0.2) is 0 Å². The molecule has 0 aromatic heterocycles. The molecule has 0 aliphatic rings. The molecule has 0 saturated heterocycles. The van der Waals surface area contributed by atoms with E-state index in [1.165, 1.54) is 0 Å². The second-order valence-electron chi connectivity index (χ2n) is 3.43. The van der Waals surface area contributed by atoms with Crippen molar-refractivity contribution in [3.05, 3.63) is 23.8 Å². The van der Waals surface area contributed by atoms with Crippen LogP contribution in [-0.4, -0.2) is 31.8 Å². The van der Waals surface area contributed by atoms with Gasteiger partial charge in [-0.3, -0.25) is 4.79 Å². The number of nitrogens with one attached hydrogen (secondary N) is 1. The van der Waals surface area contributed by atoms with E-state index in [1.807, 2.05) is 0 Å². The first-order valence-corrected chi connectivity index (χ1v) is 5.29. The van der Waals surface area contributed by atoms with E-state index < -0.39 is 0 Å². The van der Waals surface area contributed by atoms with Gasteiger partial charge in [-0.1, -0.05) is 0 Å². The van der Waals surface area contributed by atoms with Gasteiger partial charge in [-0.15, -0.1) is 0 Å². The number of carbonyl (C=O) groups is 1. The van der Waals surface area contributed by atoms with Crippen molar-refractivity contribution in [2.24, 2.45) is 0 Å². The Bertz CT molecular complexity index is 379. The van der Waals surface area contributed by atoms with Crippen LogP contribution in [-0.2, 0) is 11.3 Å². The van der Waals surface area contributed by atoms with Gasteiger partial charge in [0, 0.05) is 18.5 Å². The van der Waals surface area contributed by atoms with Gasteiger partial charge >= 0.3 is 0 Å². The highest BCUT2D eigenvalue weighted by molar-refractivity contribution is 5.76. The molecule has 0 bridgehead atoms. The second-order valence-corrected chi connectivity index (χ2v) is 3.43. The average Bonchev–Trinajstić information content (AvgIpc) is 2.36. The Balaban J connectivity index is 2.70. The zero-order valence-corrected chi connectivity index (χ0v) is 10.0. The number of carbonyl (C=O) groups excluding carboxylic acids is 1.